The third kappa shape index (κ3) is 4.18. The third-order valence-corrected chi connectivity index (χ3v) is 5.66. The van der Waals surface area contributed by atoms with Crippen molar-refractivity contribution in [2.24, 2.45) is 5.73 Å². The van der Waals surface area contributed by atoms with Crippen molar-refractivity contribution in [1.29, 1.82) is 0 Å². The predicted molar refractivity (Wildman–Crippen MR) is 102 cm³/mol. The lowest BCUT2D eigenvalue weighted by Gasteiger charge is -2.17. The summed E-state index contributed by atoms with van der Waals surface area (Å²) in [4.78, 5) is 30.8. The number of fused-ring (bicyclic) bond motifs is 1. The van der Waals surface area contributed by atoms with Crippen molar-refractivity contribution >= 4 is 45.1 Å². The Morgan fingerprint density at radius 2 is 1.88 bits per heavy atom. The molecule has 128 valence electrons. The Labute approximate surface area is 153 Å². The first-order valence-corrected chi connectivity index (χ1v) is 9.45. The first kappa shape index (κ1) is 17.4. The summed E-state index contributed by atoms with van der Waals surface area (Å²) < 4.78 is 1.11. The van der Waals surface area contributed by atoms with Crippen LogP contribution in [0, 0.1) is 0 Å². The van der Waals surface area contributed by atoms with Crippen LogP contribution in [-0.4, -0.2) is 34.5 Å². The van der Waals surface area contributed by atoms with Gasteiger partial charge in [-0.05, 0) is 24.3 Å². The Morgan fingerprint density at radius 3 is 2.64 bits per heavy atom. The molecule has 2 aromatic carbocycles. The SMILES string of the molecule is CN(Cc1nc2ccccc2s1)C(=O)c1ccccc1SCC(N)=O. The number of nitrogens with two attached hydrogens (primary N) is 1. The molecule has 25 heavy (non-hydrogen) atoms. The van der Waals surface area contributed by atoms with Crippen LogP contribution in [-0.2, 0) is 11.3 Å². The molecule has 0 aliphatic heterocycles. The van der Waals surface area contributed by atoms with E-state index in [0.29, 0.717) is 12.1 Å². The van der Waals surface area contributed by atoms with Crippen molar-refractivity contribution in [3.05, 3.63) is 59.1 Å². The minimum Gasteiger partial charge on any atom is -0.369 e. The van der Waals surface area contributed by atoms with Crippen molar-refractivity contribution in [1.82, 2.24) is 9.88 Å². The normalized spacial score (nSPS) is 10.8. The molecule has 0 fully saturated rings. The number of aromatic nitrogens is 1. The zero-order valence-electron chi connectivity index (χ0n) is 13.6. The first-order valence-electron chi connectivity index (χ1n) is 7.64. The summed E-state index contributed by atoms with van der Waals surface area (Å²) >= 11 is 2.86. The van der Waals surface area contributed by atoms with E-state index in [0.717, 1.165) is 20.1 Å². The van der Waals surface area contributed by atoms with Gasteiger partial charge in [-0.2, -0.15) is 0 Å². The average molecular weight is 371 g/mol. The van der Waals surface area contributed by atoms with Crippen LogP contribution in [0.15, 0.2) is 53.4 Å². The number of rotatable bonds is 6. The molecular weight excluding hydrogens is 354 g/mol. The van der Waals surface area contributed by atoms with E-state index in [4.69, 9.17) is 5.73 Å². The average Bonchev–Trinajstić information content (AvgIpc) is 3.01. The summed E-state index contributed by atoms with van der Waals surface area (Å²) in [6, 6.07) is 15.2. The van der Waals surface area contributed by atoms with Crippen molar-refractivity contribution in [2.45, 2.75) is 11.4 Å². The van der Waals surface area contributed by atoms with E-state index in [1.54, 1.807) is 29.4 Å². The van der Waals surface area contributed by atoms with E-state index in [1.165, 1.54) is 11.8 Å². The molecule has 3 aromatic rings. The molecule has 2 amide bonds. The van der Waals surface area contributed by atoms with Crippen molar-refractivity contribution in [3.8, 4) is 0 Å². The van der Waals surface area contributed by atoms with Gasteiger partial charge in [0.1, 0.15) is 5.01 Å². The van der Waals surface area contributed by atoms with Gasteiger partial charge in [-0.15, -0.1) is 23.1 Å². The van der Waals surface area contributed by atoms with Gasteiger partial charge >= 0.3 is 0 Å². The topological polar surface area (TPSA) is 76.3 Å². The monoisotopic (exact) mass is 371 g/mol. The van der Waals surface area contributed by atoms with E-state index < -0.39 is 5.91 Å². The number of hydrogen-bond acceptors (Lipinski definition) is 5. The summed E-state index contributed by atoms with van der Waals surface area (Å²) in [5.41, 5.74) is 6.72. The van der Waals surface area contributed by atoms with Crippen LogP contribution in [0.3, 0.4) is 0 Å². The van der Waals surface area contributed by atoms with E-state index in [-0.39, 0.29) is 11.7 Å². The molecule has 0 saturated heterocycles. The lowest BCUT2D eigenvalue weighted by atomic mass is 10.2. The van der Waals surface area contributed by atoms with Crippen LogP contribution in [0.1, 0.15) is 15.4 Å². The highest BCUT2D eigenvalue weighted by atomic mass is 32.2. The Kier molecular flexibility index (Phi) is 5.35. The maximum absolute atomic E-state index is 12.8. The number of carbonyl (C=O) groups excluding carboxylic acids is 2. The van der Waals surface area contributed by atoms with Crippen LogP contribution < -0.4 is 5.73 Å². The second-order valence-corrected chi connectivity index (χ2v) is 7.62. The number of para-hydroxylation sites is 1. The molecule has 7 heteroatoms. The molecule has 0 aliphatic carbocycles. The number of thiazole rings is 1. The van der Waals surface area contributed by atoms with Crippen LogP contribution in [0.4, 0.5) is 0 Å². The molecule has 1 aromatic heterocycles. The third-order valence-electron chi connectivity index (χ3n) is 3.54. The molecule has 0 aliphatic rings. The number of hydrogen-bond donors (Lipinski definition) is 1. The number of nitrogens with zero attached hydrogens (tertiary/aromatic N) is 2. The van der Waals surface area contributed by atoms with Gasteiger partial charge in [-0.3, -0.25) is 9.59 Å². The van der Waals surface area contributed by atoms with Crippen molar-refractivity contribution < 1.29 is 9.59 Å². The fraction of sp³-hybridized carbons (Fsp3) is 0.167. The van der Waals surface area contributed by atoms with E-state index in [2.05, 4.69) is 4.98 Å². The maximum Gasteiger partial charge on any atom is 0.255 e. The van der Waals surface area contributed by atoms with Crippen LogP contribution >= 0.6 is 23.1 Å². The zero-order chi connectivity index (χ0) is 17.8. The van der Waals surface area contributed by atoms with E-state index >= 15 is 0 Å². The summed E-state index contributed by atoms with van der Waals surface area (Å²) in [6.45, 7) is 0.438. The van der Waals surface area contributed by atoms with E-state index in [9.17, 15) is 9.59 Å². The molecule has 5 nitrogen and oxygen atoms in total. The fourth-order valence-corrected chi connectivity index (χ4v) is 4.19. The molecule has 0 bridgehead atoms. The molecular formula is C18H17N3O2S2. The maximum atomic E-state index is 12.8. The van der Waals surface area contributed by atoms with Gasteiger partial charge in [0.25, 0.3) is 5.91 Å². The van der Waals surface area contributed by atoms with Crippen LogP contribution in [0.25, 0.3) is 10.2 Å². The number of thioether (sulfide) groups is 1. The first-order chi connectivity index (χ1) is 12.0. The van der Waals surface area contributed by atoms with Gasteiger partial charge in [0, 0.05) is 11.9 Å². The Bertz CT molecular complexity index is 890. The highest BCUT2D eigenvalue weighted by Gasteiger charge is 2.17. The smallest absolute Gasteiger partial charge is 0.255 e. The van der Waals surface area contributed by atoms with Crippen molar-refractivity contribution in [2.75, 3.05) is 12.8 Å². The standard InChI is InChI=1S/C18H17N3O2S2/c1-21(10-17-20-13-7-3-5-9-15(13)25-17)18(23)12-6-2-4-8-14(12)24-11-16(19)22/h2-9H,10-11H2,1H3,(H2,19,22). The Balaban J connectivity index is 1.77. The van der Waals surface area contributed by atoms with Gasteiger partial charge in [-0.1, -0.05) is 24.3 Å². The molecule has 0 unspecified atom stereocenters. The molecule has 0 saturated carbocycles. The summed E-state index contributed by atoms with van der Waals surface area (Å²) in [5.74, 6) is -0.367. The second kappa shape index (κ2) is 7.67. The highest BCUT2D eigenvalue weighted by Crippen LogP contribution is 2.25. The number of primary amides is 1. The fourth-order valence-electron chi connectivity index (χ4n) is 2.39. The predicted octanol–water partition coefficient (Wildman–Crippen LogP) is 3.15. The number of carbonyl (C=O) groups is 2. The quantitative estimate of drug-likeness (QED) is 0.675. The second-order valence-electron chi connectivity index (χ2n) is 5.49. The highest BCUT2D eigenvalue weighted by molar-refractivity contribution is 8.00. The van der Waals surface area contributed by atoms with Crippen LogP contribution in [0.2, 0.25) is 0 Å². The molecule has 1 heterocycles. The summed E-state index contributed by atoms with van der Waals surface area (Å²) in [5, 5.41) is 0.888. The van der Waals surface area contributed by atoms with Crippen LogP contribution in [0.5, 0.6) is 0 Å². The Hall–Kier alpha value is -2.38. The zero-order valence-corrected chi connectivity index (χ0v) is 15.3. The summed E-state index contributed by atoms with van der Waals surface area (Å²) in [7, 11) is 1.75. The molecule has 2 N–H and O–H groups in total. The van der Waals surface area contributed by atoms with E-state index in [1.807, 2.05) is 42.5 Å². The van der Waals surface area contributed by atoms with Gasteiger partial charge in [0.05, 0.1) is 28.1 Å². The van der Waals surface area contributed by atoms with Gasteiger partial charge < -0.3 is 10.6 Å². The number of amides is 2. The molecule has 0 spiro atoms. The molecule has 0 atom stereocenters. The largest absolute Gasteiger partial charge is 0.369 e. The molecule has 0 radical (unpaired) electrons. The van der Waals surface area contributed by atoms with Gasteiger partial charge in [-0.25, -0.2) is 4.98 Å². The van der Waals surface area contributed by atoms with Crippen molar-refractivity contribution in [3.63, 3.8) is 0 Å². The minimum absolute atomic E-state index is 0.105. The lowest BCUT2D eigenvalue weighted by Crippen LogP contribution is -2.26. The lowest BCUT2D eigenvalue weighted by molar-refractivity contribution is -0.115. The van der Waals surface area contributed by atoms with Gasteiger partial charge in [0.2, 0.25) is 5.91 Å². The summed E-state index contributed by atoms with van der Waals surface area (Å²) in [6.07, 6.45) is 0. The Morgan fingerprint density at radius 1 is 1.16 bits per heavy atom. The minimum atomic E-state index is -0.407. The number of benzene rings is 2. The van der Waals surface area contributed by atoms with Gasteiger partial charge in [0.15, 0.2) is 0 Å². The molecule has 3 rings (SSSR count).